The Labute approximate surface area is 236 Å². The zero-order valence-electron chi connectivity index (χ0n) is 21.9. The standard InChI is InChI=1S/C27H26F8N2O4S/c28-19-3-5-20(6-4-19)42(39,40)24-9-10-37(16-23(38)36-11-13-41-14-12-36)22(24)8-1-17-15-18(2-7-21(17)24)25(29,26(30,31)32)27(33,34)35/h2-7,15,22H,1,8-14,16H2/t22-,24-/m1/s1. The molecule has 1 amide bonds. The van der Waals surface area contributed by atoms with Crippen molar-refractivity contribution in [1.82, 2.24) is 9.80 Å². The average Bonchev–Trinajstić information content (AvgIpc) is 3.32. The van der Waals surface area contributed by atoms with Crippen molar-refractivity contribution in [3.63, 3.8) is 0 Å². The van der Waals surface area contributed by atoms with Crippen molar-refractivity contribution in [2.24, 2.45) is 0 Å². The number of alkyl halides is 7. The maximum absolute atomic E-state index is 14.9. The third-order valence-corrected chi connectivity index (χ3v) is 11.0. The Hall–Kier alpha value is -2.78. The summed E-state index contributed by atoms with van der Waals surface area (Å²) in [6.45, 7) is 1.24. The number of carbonyl (C=O) groups excluding carboxylic acids is 1. The maximum atomic E-state index is 14.9. The Morgan fingerprint density at radius 3 is 2.14 bits per heavy atom. The van der Waals surface area contributed by atoms with E-state index in [-0.39, 0.29) is 54.3 Å². The fraction of sp³-hybridized carbons (Fsp3) is 0.519. The second kappa shape index (κ2) is 10.4. The molecule has 2 aromatic rings. The summed E-state index contributed by atoms with van der Waals surface area (Å²) in [7, 11) is -4.48. The van der Waals surface area contributed by atoms with Crippen LogP contribution in [0.2, 0.25) is 0 Å². The highest BCUT2D eigenvalue weighted by atomic mass is 32.2. The number of carbonyl (C=O) groups is 1. The van der Waals surface area contributed by atoms with Crippen LogP contribution in [0.5, 0.6) is 0 Å². The van der Waals surface area contributed by atoms with E-state index >= 15 is 0 Å². The summed E-state index contributed by atoms with van der Waals surface area (Å²) in [4.78, 5) is 16.0. The lowest BCUT2D eigenvalue weighted by atomic mass is 9.77. The SMILES string of the molecule is O=C(CN1CC[C@@]2(S(=O)(=O)c3ccc(F)cc3)c3ccc(C(F)(C(F)(F)F)C(F)(F)F)cc3CC[C@@H]12)N1CCOCC1. The number of morpholine rings is 1. The number of nitrogens with zero attached hydrogens (tertiary/aromatic N) is 2. The molecular formula is C27H26F8N2O4S. The molecule has 5 rings (SSSR count). The minimum Gasteiger partial charge on any atom is -0.378 e. The van der Waals surface area contributed by atoms with Crippen molar-refractivity contribution in [1.29, 1.82) is 0 Å². The van der Waals surface area contributed by atoms with E-state index in [0.717, 1.165) is 30.3 Å². The van der Waals surface area contributed by atoms with Crippen molar-refractivity contribution in [3.8, 4) is 0 Å². The van der Waals surface area contributed by atoms with Crippen molar-refractivity contribution >= 4 is 15.7 Å². The third-order valence-electron chi connectivity index (χ3n) is 8.48. The van der Waals surface area contributed by atoms with Crippen LogP contribution in [0.15, 0.2) is 47.4 Å². The Balaban J connectivity index is 1.62. The fourth-order valence-corrected chi connectivity index (χ4v) is 8.81. The molecule has 0 spiro atoms. The largest absolute Gasteiger partial charge is 0.435 e. The molecule has 0 radical (unpaired) electrons. The normalized spacial score (nSPS) is 23.9. The first kappa shape index (κ1) is 30.7. The molecule has 2 saturated heterocycles. The average molecular weight is 627 g/mol. The van der Waals surface area contributed by atoms with Crippen LogP contribution in [0.3, 0.4) is 0 Å². The number of rotatable bonds is 5. The summed E-state index contributed by atoms with van der Waals surface area (Å²) < 4.78 is 142. The lowest BCUT2D eigenvalue weighted by Crippen LogP contribution is -2.54. The Kier molecular flexibility index (Phi) is 7.62. The second-order valence-corrected chi connectivity index (χ2v) is 12.8. The van der Waals surface area contributed by atoms with Crippen LogP contribution in [-0.4, -0.2) is 81.9 Å². The summed E-state index contributed by atoms with van der Waals surface area (Å²) in [6.07, 6.45) is -13.0. The Morgan fingerprint density at radius 2 is 1.55 bits per heavy atom. The zero-order valence-corrected chi connectivity index (χ0v) is 22.8. The number of hydrogen-bond acceptors (Lipinski definition) is 5. The van der Waals surface area contributed by atoms with Gasteiger partial charge >= 0.3 is 18.0 Å². The highest BCUT2D eigenvalue weighted by molar-refractivity contribution is 7.92. The Morgan fingerprint density at radius 1 is 0.929 bits per heavy atom. The molecule has 2 aromatic carbocycles. The fourth-order valence-electron chi connectivity index (χ4n) is 6.42. The number of fused-ring (bicyclic) bond motifs is 3. The van der Waals surface area contributed by atoms with Gasteiger partial charge in [-0.3, -0.25) is 9.69 Å². The van der Waals surface area contributed by atoms with Crippen LogP contribution in [0.1, 0.15) is 29.5 Å². The lowest BCUT2D eigenvalue weighted by molar-refractivity contribution is -0.348. The minimum atomic E-state index is -6.33. The van der Waals surface area contributed by atoms with E-state index in [1.54, 1.807) is 9.80 Å². The van der Waals surface area contributed by atoms with Gasteiger partial charge in [-0.2, -0.15) is 26.3 Å². The summed E-state index contributed by atoms with van der Waals surface area (Å²) in [5.74, 6) is -1.01. The van der Waals surface area contributed by atoms with Crippen molar-refractivity contribution in [3.05, 3.63) is 65.0 Å². The molecule has 0 unspecified atom stereocenters. The van der Waals surface area contributed by atoms with Gasteiger partial charge in [0.15, 0.2) is 9.84 Å². The molecule has 3 aliphatic rings. The molecule has 2 fully saturated rings. The molecule has 6 nitrogen and oxygen atoms in total. The summed E-state index contributed by atoms with van der Waals surface area (Å²) >= 11 is 0. The molecule has 2 aliphatic heterocycles. The second-order valence-electron chi connectivity index (χ2n) is 10.6. The number of benzene rings is 2. The summed E-state index contributed by atoms with van der Waals surface area (Å²) in [5.41, 5.74) is -7.63. The first-order chi connectivity index (χ1) is 19.5. The van der Waals surface area contributed by atoms with E-state index in [9.17, 15) is 48.3 Å². The first-order valence-corrected chi connectivity index (χ1v) is 14.6. The monoisotopic (exact) mass is 626 g/mol. The maximum Gasteiger partial charge on any atom is 0.435 e. The quantitative estimate of drug-likeness (QED) is 0.357. The van der Waals surface area contributed by atoms with Gasteiger partial charge in [0.25, 0.3) is 0 Å². The predicted octanol–water partition coefficient (Wildman–Crippen LogP) is 4.66. The summed E-state index contributed by atoms with van der Waals surface area (Å²) in [5, 5.41) is 0. The van der Waals surface area contributed by atoms with Crippen LogP contribution < -0.4 is 0 Å². The van der Waals surface area contributed by atoms with Gasteiger partial charge in [0.1, 0.15) is 10.6 Å². The van der Waals surface area contributed by atoms with Gasteiger partial charge in [0.05, 0.1) is 24.7 Å². The predicted molar refractivity (Wildman–Crippen MR) is 132 cm³/mol. The number of hydrogen-bond donors (Lipinski definition) is 0. The Bertz CT molecular complexity index is 1440. The number of ether oxygens (including phenoxy) is 1. The molecular weight excluding hydrogens is 600 g/mol. The van der Waals surface area contributed by atoms with Gasteiger partial charge in [0.2, 0.25) is 5.91 Å². The third kappa shape index (κ3) is 4.67. The molecule has 2 heterocycles. The smallest absolute Gasteiger partial charge is 0.378 e. The van der Waals surface area contributed by atoms with E-state index in [2.05, 4.69) is 0 Å². The van der Waals surface area contributed by atoms with E-state index in [1.807, 2.05) is 0 Å². The number of sulfone groups is 1. The molecule has 0 bridgehead atoms. The molecule has 0 saturated carbocycles. The van der Waals surface area contributed by atoms with E-state index in [1.165, 1.54) is 0 Å². The molecule has 42 heavy (non-hydrogen) atoms. The number of aryl methyl sites for hydroxylation is 1. The minimum absolute atomic E-state index is 0.0510. The summed E-state index contributed by atoms with van der Waals surface area (Å²) in [6, 6.07) is 4.59. The lowest BCUT2D eigenvalue weighted by Gasteiger charge is -2.43. The highest BCUT2D eigenvalue weighted by Crippen LogP contribution is 2.56. The molecule has 1 aliphatic carbocycles. The van der Waals surface area contributed by atoms with Crippen molar-refractivity contribution in [2.75, 3.05) is 39.4 Å². The van der Waals surface area contributed by atoms with Crippen LogP contribution >= 0.6 is 0 Å². The first-order valence-electron chi connectivity index (χ1n) is 13.1. The van der Waals surface area contributed by atoms with Crippen LogP contribution in [0, 0.1) is 5.82 Å². The van der Waals surface area contributed by atoms with E-state index < -0.39 is 50.0 Å². The van der Waals surface area contributed by atoms with Crippen LogP contribution in [0.25, 0.3) is 0 Å². The van der Waals surface area contributed by atoms with Crippen LogP contribution in [-0.2, 0) is 36.2 Å². The van der Waals surface area contributed by atoms with Gasteiger partial charge in [-0.15, -0.1) is 0 Å². The highest BCUT2D eigenvalue weighted by Gasteiger charge is 2.73. The van der Waals surface area contributed by atoms with Gasteiger partial charge in [-0.05, 0) is 54.7 Å². The molecule has 230 valence electrons. The van der Waals surface area contributed by atoms with Crippen molar-refractivity contribution < 1.29 is 53.1 Å². The van der Waals surface area contributed by atoms with E-state index in [0.29, 0.717) is 38.4 Å². The van der Waals surface area contributed by atoms with Gasteiger partial charge in [0, 0.05) is 31.2 Å². The van der Waals surface area contributed by atoms with Gasteiger partial charge in [-0.1, -0.05) is 18.2 Å². The zero-order chi connectivity index (χ0) is 30.7. The molecule has 0 aromatic heterocycles. The number of amides is 1. The number of likely N-dealkylation sites (tertiary alicyclic amines) is 1. The number of halogens is 8. The molecule has 2 atom stereocenters. The molecule has 15 heteroatoms. The van der Waals surface area contributed by atoms with E-state index in [4.69, 9.17) is 4.74 Å². The van der Waals surface area contributed by atoms with Gasteiger partial charge in [-0.25, -0.2) is 17.2 Å². The van der Waals surface area contributed by atoms with Gasteiger partial charge < -0.3 is 9.64 Å². The van der Waals surface area contributed by atoms with Crippen LogP contribution in [0.4, 0.5) is 35.1 Å². The topological polar surface area (TPSA) is 66.9 Å². The van der Waals surface area contributed by atoms with Crippen molar-refractivity contribution in [2.45, 2.75) is 53.0 Å². The molecule has 0 N–H and O–H groups in total.